The van der Waals surface area contributed by atoms with Gasteiger partial charge in [-0.15, -0.1) is 0 Å². The van der Waals surface area contributed by atoms with E-state index in [1.807, 2.05) is 13.3 Å². The van der Waals surface area contributed by atoms with Crippen molar-refractivity contribution in [1.82, 2.24) is 5.32 Å². The molecule has 28 heavy (non-hydrogen) atoms. The molecule has 1 aliphatic carbocycles. The van der Waals surface area contributed by atoms with E-state index in [0.29, 0.717) is 13.0 Å². The van der Waals surface area contributed by atoms with E-state index in [1.165, 1.54) is 0 Å². The molecule has 164 valence electrons. The Balaban J connectivity index is 2.32. The minimum atomic E-state index is -1.71. The molecule has 1 fully saturated rings. The third kappa shape index (κ3) is 5.14. The molecule has 5 atom stereocenters. The van der Waals surface area contributed by atoms with Gasteiger partial charge in [0.1, 0.15) is 0 Å². The van der Waals surface area contributed by atoms with Crippen LogP contribution in [-0.2, 0) is 13.8 Å². The molecule has 0 bridgehead atoms. The predicted molar refractivity (Wildman–Crippen MR) is 119 cm³/mol. The summed E-state index contributed by atoms with van der Waals surface area (Å²) >= 11 is 0. The van der Waals surface area contributed by atoms with Crippen molar-refractivity contribution in [1.29, 1.82) is 0 Å². The zero-order valence-corrected chi connectivity index (χ0v) is 20.1. The van der Waals surface area contributed by atoms with Gasteiger partial charge in [0, 0.05) is 0 Å². The average molecular weight is 435 g/mol. The molecule has 1 saturated heterocycles. The molecule has 1 aliphatic heterocycles. The van der Waals surface area contributed by atoms with Gasteiger partial charge in [-0.2, -0.15) is 0 Å². The summed E-state index contributed by atoms with van der Waals surface area (Å²) in [5.74, 6) is -0.827. The molecule has 2 aliphatic rings. The monoisotopic (exact) mass is 435 g/mol. The van der Waals surface area contributed by atoms with Gasteiger partial charge in [0.2, 0.25) is 0 Å². The van der Waals surface area contributed by atoms with Gasteiger partial charge in [-0.3, -0.25) is 0 Å². The van der Waals surface area contributed by atoms with Crippen LogP contribution in [0.3, 0.4) is 0 Å². The third-order valence-corrected chi connectivity index (χ3v) is 7.64. The van der Waals surface area contributed by atoms with Crippen molar-refractivity contribution in [3.8, 4) is 0 Å². The van der Waals surface area contributed by atoms with Crippen molar-refractivity contribution >= 4 is 21.5 Å². The second-order valence-corrected chi connectivity index (χ2v) is 15.8. The summed E-state index contributed by atoms with van der Waals surface area (Å²) in [4.78, 5) is 12.9. The van der Waals surface area contributed by atoms with Gasteiger partial charge < -0.3 is 0 Å². The fourth-order valence-electron chi connectivity index (χ4n) is 4.40. The van der Waals surface area contributed by atoms with Crippen LogP contribution in [0.15, 0.2) is 12.2 Å². The first-order valence-electron chi connectivity index (χ1n) is 10.2. The molecule has 2 rings (SSSR count). The fourth-order valence-corrected chi connectivity index (χ4v) is 5.92. The van der Waals surface area contributed by atoms with Gasteiger partial charge in [-0.05, 0) is 0 Å². The van der Waals surface area contributed by atoms with E-state index in [-0.39, 0.29) is 18.4 Å². The summed E-state index contributed by atoms with van der Waals surface area (Å²) in [6, 6.07) is 0. The molecule has 1 amide bonds. The summed E-state index contributed by atoms with van der Waals surface area (Å²) in [5.41, 5.74) is -2.67. The van der Waals surface area contributed by atoms with Crippen LogP contribution in [0.5, 0.6) is 0 Å². The van der Waals surface area contributed by atoms with Crippen molar-refractivity contribution in [2.75, 3.05) is 46.5 Å². The molecular weight excluding hydrogens is 396 g/mol. The minimum absolute atomic E-state index is 0.0505. The van der Waals surface area contributed by atoms with Gasteiger partial charge in [-0.1, -0.05) is 0 Å². The summed E-state index contributed by atoms with van der Waals surface area (Å²) < 4.78 is 12.2. The second-order valence-electron chi connectivity index (χ2n) is 9.43. The Hall–Kier alpha value is -0.0900. The summed E-state index contributed by atoms with van der Waals surface area (Å²) in [7, 11) is -2.45. The predicted octanol–water partition coefficient (Wildman–Crippen LogP) is 2.57. The Morgan fingerprint density at radius 3 is 2.57 bits per heavy atom. The van der Waals surface area contributed by atoms with Crippen LogP contribution in [0.25, 0.3) is 0 Å². The normalized spacial score (nSPS) is 35.2. The molecule has 3 N–H and O–H groups in total. The van der Waals surface area contributed by atoms with Gasteiger partial charge >= 0.3 is 171 Å². The van der Waals surface area contributed by atoms with E-state index >= 15 is 0 Å². The van der Waals surface area contributed by atoms with Crippen molar-refractivity contribution in [2.45, 2.75) is 49.9 Å². The summed E-state index contributed by atoms with van der Waals surface area (Å²) in [5, 5.41) is 25.0. The number of hydrogen-bond donors (Lipinski definition) is 3. The number of nitrogens with one attached hydrogen (secondary N) is 1. The van der Waals surface area contributed by atoms with E-state index in [1.54, 1.807) is 6.92 Å². The number of allylic oxidation sites excluding steroid dienone is 1. The molecule has 0 spiro atoms. The summed E-state index contributed by atoms with van der Waals surface area (Å²) in [6.45, 7) is 12.0. The first-order valence-corrected chi connectivity index (χ1v) is 15.8. The molecule has 0 radical (unpaired) electrons. The van der Waals surface area contributed by atoms with Crippen molar-refractivity contribution in [3.05, 3.63) is 12.2 Å². The first-order chi connectivity index (χ1) is 12.9. The Morgan fingerprint density at radius 2 is 2.07 bits per heavy atom. The Kier molecular flexibility index (Phi) is 8.09. The Bertz CT molecular complexity index is 575. The maximum atomic E-state index is 12.9. The van der Waals surface area contributed by atoms with Gasteiger partial charge in [0.15, 0.2) is 0 Å². The van der Waals surface area contributed by atoms with Crippen molar-refractivity contribution in [3.63, 3.8) is 0 Å². The van der Waals surface area contributed by atoms with Crippen LogP contribution in [0.4, 0.5) is 0 Å². The standard InChI is InChI=1S/C20H39NO5P2/c1-19(24)16(12-13-25-28(4,5)6)18(23)21-20(19,14-22)17(26-27(2)3)15-10-8-7-9-11-15/h8,10,15-17,22,24,28H,7,9,11-14H2,1-6H3,(H,21,23)/t15-,16+,17-,19+,20-/m1/s1. The Labute approximate surface area is 171 Å². The van der Waals surface area contributed by atoms with E-state index in [0.717, 1.165) is 19.3 Å². The van der Waals surface area contributed by atoms with E-state index in [2.05, 4.69) is 37.5 Å². The van der Waals surface area contributed by atoms with Gasteiger partial charge in [0.05, 0.1) is 0 Å². The quantitative estimate of drug-likeness (QED) is 0.383. The molecule has 0 unspecified atom stereocenters. The number of aliphatic hydroxyl groups is 2. The van der Waals surface area contributed by atoms with Crippen LogP contribution in [-0.4, -0.2) is 79.9 Å². The average Bonchev–Trinajstić information content (AvgIpc) is 2.79. The topological polar surface area (TPSA) is 88.0 Å². The van der Waals surface area contributed by atoms with Crippen LogP contribution in [0.2, 0.25) is 0 Å². The Morgan fingerprint density at radius 1 is 1.39 bits per heavy atom. The molecular formula is C20H39NO5P2. The summed E-state index contributed by atoms with van der Waals surface area (Å²) in [6.07, 6.45) is 7.19. The number of rotatable bonds is 9. The first kappa shape index (κ1) is 24.2. The van der Waals surface area contributed by atoms with E-state index in [4.69, 9.17) is 9.05 Å². The van der Waals surface area contributed by atoms with E-state index < -0.39 is 38.8 Å². The number of carbonyl (C=O) groups excluding carboxylic acids is 1. The molecule has 0 aromatic carbocycles. The van der Waals surface area contributed by atoms with Crippen molar-refractivity contribution < 1.29 is 24.1 Å². The zero-order chi connectivity index (χ0) is 21.2. The number of aliphatic hydroxyl groups excluding tert-OH is 1. The number of amides is 1. The van der Waals surface area contributed by atoms with Crippen LogP contribution < -0.4 is 5.32 Å². The fraction of sp³-hybridized carbons (Fsp3) is 0.850. The van der Waals surface area contributed by atoms with Crippen molar-refractivity contribution in [2.24, 2.45) is 11.8 Å². The van der Waals surface area contributed by atoms with Crippen LogP contribution >= 0.6 is 15.6 Å². The SMILES string of the molecule is CP(C)O[C@H]([C@@H]1C=CCCC1)[C@@]1(CO)NC(=O)[C@H](CCO[PH](C)(C)C)[C@]1(C)O. The second kappa shape index (κ2) is 9.37. The molecule has 1 heterocycles. The third-order valence-electron chi connectivity index (χ3n) is 5.93. The number of carbonyl (C=O) groups is 1. The maximum absolute atomic E-state index is 12.9. The zero-order valence-electron chi connectivity index (χ0n) is 18.2. The molecule has 0 aromatic heterocycles. The molecule has 0 saturated carbocycles. The van der Waals surface area contributed by atoms with Gasteiger partial charge in [-0.25, -0.2) is 0 Å². The molecule has 0 aromatic rings. The number of hydrogen-bond acceptors (Lipinski definition) is 5. The van der Waals surface area contributed by atoms with Crippen LogP contribution in [0, 0.1) is 11.8 Å². The molecule has 6 nitrogen and oxygen atoms in total. The van der Waals surface area contributed by atoms with Crippen LogP contribution in [0.1, 0.15) is 32.6 Å². The van der Waals surface area contributed by atoms with E-state index in [9.17, 15) is 15.0 Å². The molecule has 8 heteroatoms. The van der Waals surface area contributed by atoms with Gasteiger partial charge in [0.25, 0.3) is 0 Å².